The van der Waals surface area contributed by atoms with E-state index in [-0.39, 0.29) is 12.0 Å². The Morgan fingerprint density at radius 3 is 2.08 bits per heavy atom. The van der Waals surface area contributed by atoms with Crippen molar-refractivity contribution in [2.45, 2.75) is 19.5 Å². The van der Waals surface area contributed by atoms with Crippen LogP contribution in [0.5, 0.6) is 5.75 Å². The van der Waals surface area contributed by atoms with E-state index >= 15 is 0 Å². The van der Waals surface area contributed by atoms with Crippen molar-refractivity contribution in [1.82, 2.24) is 24.8 Å². The van der Waals surface area contributed by atoms with Crippen LogP contribution in [-0.4, -0.2) is 57.5 Å². The Labute approximate surface area is 218 Å². The first-order valence-electron chi connectivity index (χ1n) is 12.7. The third-order valence-electron chi connectivity index (χ3n) is 6.50. The fourth-order valence-electron chi connectivity index (χ4n) is 4.80. The van der Waals surface area contributed by atoms with Crippen molar-refractivity contribution in [3.63, 3.8) is 0 Å². The first kappa shape index (κ1) is 24.7. The lowest BCUT2D eigenvalue weighted by atomic mass is 9.96. The third kappa shape index (κ3) is 6.22. The molecule has 8 nitrogen and oxygen atoms in total. The lowest BCUT2D eigenvalue weighted by molar-refractivity contribution is 0.103. The molecule has 0 saturated carbocycles. The molecule has 3 N–H and O–H groups in total. The van der Waals surface area contributed by atoms with Crippen molar-refractivity contribution in [2.75, 3.05) is 43.8 Å². The lowest BCUT2D eigenvalue weighted by Gasteiger charge is -2.39. The summed E-state index contributed by atoms with van der Waals surface area (Å²) in [4.78, 5) is 18.3. The standard InChI is InChI=1S/C29H33N7O/c1-2-37-25-16-10-9-15-24(25)31-29-33-26(32-28(30)34-29)21-35-17-19-36(20-18-35)27(22-11-5-3-6-12-22)23-13-7-4-8-14-23/h3-16,27H,2,17-21H2,1H3,(H3,30,31,32,33,34). The van der Waals surface area contributed by atoms with E-state index in [0.29, 0.717) is 24.9 Å². The molecule has 8 heteroatoms. The van der Waals surface area contributed by atoms with E-state index in [9.17, 15) is 0 Å². The van der Waals surface area contributed by atoms with Gasteiger partial charge in [0.15, 0.2) is 0 Å². The van der Waals surface area contributed by atoms with Gasteiger partial charge in [-0.15, -0.1) is 0 Å². The molecule has 0 atom stereocenters. The van der Waals surface area contributed by atoms with Gasteiger partial charge in [0.25, 0.3) is 0 Å². The molecule has 0 aliphatic carbocycles. The summed E-state index contributed by atoms with van der Waals surface area (Å²) in [5, 5.41) is 3.24. The molecule has 1 saturated heterocycles. The van der Waals surface area contributed by atoms with Gasteiger partial charge in [0, 0.05) is 26.2 Å². The number of nitrogens with zero attached hydrogens (tertiary/aromatic N) is 5. The highest BCUT2D eigenvalue weighted by molar-refractivity contribution is 5.62. The number of anilines is 3. The van der Waals surface area contributed by atoms with Crippen LogP contribution >= 0.6 is 0 Å². The minimum atomic E-state index is 0.202. The normalized spacial score (nSPS) is 14.5. The van der Waals surface area contributed by atoms with Crippen LogP contribution in [0.1, 0.15) is 29.9 Å². The molecule has 190 valence electrons. The number of hydrogen-bond acceptors (Lipinski definition) is 8. The number of piperazine rings is 1. The molecule has 5 rings (SSSR count). The van der Waals surface area contributed by atoms with Crippen LogP contribution in [-0.2, 0) is 6.54 Å². The fraction of sp³-hybridized carbons (Fsp3) is 0.276. The van der Waals surface area contributed by atoms with Gasteiger partial charge >= 0.3 is 0 Å². The molecule has 0 unspecified atom stereocenters. The average Bonchev–Trinajstić information content (AvgIpc) is 2.92. The minimum absolute atomic E-state index is 0.202. The van der Waals surface area contributed by atoms with E-state index in [1.165, 1.54) is 11.1 Å². The monoisotopic (exact) mass is 495 g/mol. The van der Waals surface area contributed by atoms with Crippen molar-refractivity contribution >= 4 is 17.6 Å². The highest BCUT2D eigenvalue weighted by Crippen LogP contribution is 2.30. The number of benzene rings is 3. The zero-order valence-corrected chi connectivity index (χ0v) is 21.1. The van der Waals surface area contributed by atoms with E-state index < -0.39 is 0 Å². The van der Waals surface area contributed by atoms with Crippen molar-refractivity contribution < 1.29 is 4.74 Å². The van der Waals surface area contributed by atoms with Crippen molar-refractivity contribution in [3.8, 4) is 5.75 Å². The molecule has 0 bridgehead atoms. The summed E-state index contributed by atoms with van der Waals surface area (Å²) in [5.74, 6) is 2.02. The molecular weight excluding hydrogens is 462 g/mol. The predicted octanol–water partition coefficient (Wildman–Crippen LogP) is 4.50. The molecule has 0 amide bonds. The molecule has 1 aliphatic rings. The molecule has 0 spiro atoms. The smallest absolute Gasteiger partial charge is 0.232 e. The summed E-state index contributed by atoms with van der Waals surface area (Å²) in [5.41, 5.74) is 9.47. The Bertz CT molecular complexity index is 1240. The molecule has 1 fully saturated rings. The van der Waals surface area contributed by atoms with Crippen molar-refractivity contribution in [2.24, 2.45) is 0 Å². The van der Waals surface area contributed by atoms with Crippen LogP contribution in [0.2, 0.25) is 0 Å². The maximum atomic E-state index is 6.05. The van der Waals surface area contributed by atoms with Gasteiger partial charge in [-0.25, -0.2) is 0 Å². The van der Waals surface area contributed by atoms with Crippen LogP contribution in [0.25, 0.3) is 0 Å². The average molecular weight is 496 g/mol. The quantitative estimate of drug-likeness (QED) is 0.351. The van der Waals surface area contributed by atoms with Crippen LogP contribution in [0, 0.1) is 0 Å². The number of para-hydroxylation sites is 2. The highest BCUT2D eigenvalue weighted by atomic mass is 16.5. The Balaban J connectivity index is 1.26. The van der Waals surface area contributed by atoms with Gasteiger partial charge in [-0.3, -0.25) is 9.80 Å². The Morgan fingerprint density at radius 2 is 1.43 bits per heavy atom. The second kappa shape index (κ2) is 11.8. The SMILES string of the molecule is CCOc1ccccc1Nc1nc(N)nc(CN2CCN(C(c3ccccc3)c3ccccc3)CC2)n1. The second-order valence-corrected chi connectivity index (χ2v) is 9.02. The molecule has 3 aromatic carbocycles. The molecule has 0 radical (unpaired) electrons. The zero-order chi connectivity index (χ0) is 25.5. The van der Waals surface area contributed by atoms with Gasteiger partial charge in [-0.1, -0.05) is 72.8 Å². The predicted molar refractivity (Wildman–Crippen MR) is 147 cm³/mol. The molecule has 1 aliphatic heterocycles. The van der Waals surface area contributed by atoms with E-state index in [1.54, 1.807) is 0 Å². The van der Waals surface area contributed by atoms with Crippen LogP contribution in [0.3, 0.4) is 0 Å². The van der Waals surface area contributed by atoms with E-state index in [1.807, 2.05) is 31.2 Å². The molecule has 2 heterocycles. The van der Waals surface area contributed by atoms with Crippen LogP contribution in [0.15, 0.2) is 84.9 Å². The number of rotatable bonds is 9. The third-order valence-corrected chi connectivity index (χ3v) is 6.50. The first-order chi connectivity index (χ1) is 18.2. The van der Waals surface area contributed by atoms with Crippen molar-refractivity contribution in [1.29, 1.82) is 0 Å². The topological polar surface area (TPSA) is 92.4 Å². The number of hydrogen-bond donors (Lipinski definition) is 2. The van der Waals surface area contributed by atoms with Gasteiger partial charge in [0.05, 0.1) is 24.9 Å². The number of ether oxygens (including phenoxy) is 1. The van der Waals surface area contributed by atoms with Crippen molar-refractivity contribution in [3.05, 3.63) is 102 Å². The first-order valence-corrected chi connectivity index (χ1v) is 12.7. The lowest BCUT2D eigenvalue weighted by Crippen LogP contribution is -2.47. The summed E-state index contributed by atoms with van der Waals surface area (Å²) in [6.07, 6.45) is 0. The van der Waals surface area contributed by atoms with Gasteiger partial charge in [0.2, 0.25) is 11.9 Å². The second-order valence-electron chi connectivity index (χ2n) is 9.02. The fourth-order valence-corrected chi connectivity index (χ4v) is 4.80. The molecule has 37 heavy (non-hydrogen) atoms. The molecule has 4 aromatic rings. The number of nitrogens with two attached hydrogens (primary N) is 1. The number of nitrogen functional groups attached to an aromatic ring is 1. The number of aromatic nitrogens is 3. The van der Waals surface area contributed by atoms with E-state index in [4.69, 9.17) is 10.5 Å². The largest absolute Gasteiger partial charge is 0.492 e. The Morgan fingerprint density at radius 1 is 0.811 bits per heavy atom. The maximum Gasteiger partial charge on any atom is 0.232 e. The van der Waals surface area contributed by atoms with E-state index in [2.05, 4.69) is 90.7 Å². The van der Waals surface area contributed by atoms with Gasteiger partial charge in [-0.2, -0.15) is 15.0 Å². The zero-order valence-electron chi connectivity index (χ0n) is 21.1. The van der Waals surface area contributed by atoms with E-state index in [0.717, 1.165) is 37.6 Å². The number of nitrogens with one attached hydrogen (secondary N) is 1. The summed E-state index contributed by atoms with van der Waals surface area (Å²) in [6.45, 7) is 6.87. The van der Waals surface area contributed by atoms with Crippen LogP contribution < -0.4 is 15.8 Å². The van der Waals surface area contributed by atoms with Gasteiger partial charge < -0.3 is 15.8 Å². The molecular formula is C29H33N7O. The summed E-state index contributed by atoms with van der Waals surface area (Å²) < 4.78 is 5.71. The van der Waals surface area contributed by atoms with Gasteiger partial charge in [-0.05, 0) is 30.2 Å². The van der Waals surface area contributed by atoms with Crippen LogP contribution in [0.4, 0.5) is 17.6 Å². The highest BCUT2D eigenvalue weighted by Gasteiger charge is 2.26. The maximum absolute atomic E-state index is 6.05. The Hall–Kier alpha value is -4.01. The minimum Gasteiger partial charge on any atom is -0.492 e. The summed E-state index contributed by atoms with van der Waals surface area (Å²) in [6, 6.07) is 29.4. The van der Waals surface area contributed by atoms with Gasteiger partial charge in [0.1, 0.15) is 11.6 Å². The summed E-state index contributed by atoms with van der Waals surface area (Å²) in [7, 11) is 0. The Kier molecular flexibility index (Phi) is 7.88. The molecule has 1 aromatic heterocycles. The summed E-state index contributed by atoms with van der Waals surface area (Å²) >= 11 is 0.